The standard InChI is InChI=1S/C21H21F3N6O2.C2HF3O2/c1-28-8-10-29(11-9-28)20(32)19(31)25-16-5-2-14(3-6-16)12-18-27-26-17-7-4-15(13-30(17)18)21(22,23)24;3-2(4,5)1(6)7/h2-7,13H,8-12H2,1H3,(H,25,31);(H,6,7). The third kappa shape index (κ3) is 7.89. The number of carbonyl (C=O) groups excluding carboxylic acids is 2. The average molecular weight is 560 g/mol. The van der Waals surface area contributed by atoms with Gasteiger partial charge in [-0.15, -0.1) is 10.2 Å². The third-order valence-corrected chi connectivity index (χ3v) is 5.60. The number of anilines is 1. The van der Waals surface area contributed by atoms with Crippen molar-refractivity contribution in [2.45, 2.75) is 18.8 Å². The van der Waals surface area contributed by atoms with E-state index in [4.69, 9.17) is 9.90 Å². The third-order valence-electron chi connectivity index (χ3n) is 5.60. The number of carboxylic acid groups (broad SMARTS) is 1. The predicted molar refractivity (Wildman–Crippen MR) is 124 cm³/mol. The molecule has 2 N–H and O–H groups in total. The summed E-state index contributed by atoms with van der Waals surface area (Å²) in [5, 5.41) is 17.6. The molecular weight excluding hydrogens is 538 g/mol. The van der Waals surface area contributed by atoms with E-state index in [1.54, 1.807) is 24.3 Å². The van der Waals surface area contributed by atoms with E-state index in [9.17, 15) is 35.9 Å². The Kier molecular flexibility index (Phi) is 8.78. The van der Waals surface area contributed by atoms with Gasteiger partial charge < -0.3 is 20.2 Å². The predicted octanol–water partition coefficient (Wildman–Crippen LogP) is 2.68. The molecule has 2 aromatic heterocycles. The topological polar surface area (TPSA) is 120 Å². The second-order valence-electron chi connectivity index (χ2n) is 8.49. The van der Waals surface area contributed by atoms with Crippen molar-refractivity contribution in [2.75, 3.05) is 38.5 Å². The maximum absolute atomic E-state index is 13.0. The van der Waals surface area contributed by atoms with Gasteiger partial charge in [-0.1, -0.05) is 12.1 Å². The molecule has 39 heavy (non-hydrogen) atoms. The number of carboxylic acids is 1. The van der Waals surface area contributed by atoms with Crippen molar-refractivity contribution in [2.24, 2.45) is 0 Å². The molecule has 1 aliphatic heterocycles. The van der Waals surface area contributed by atoms with E-state index in [2.05, 4.69) is 20.4 Å². The van der Waals surface area contributed by atoms with Crippen LogP contribution in [-0.2, 0) is 27.0 Å². The minimum Gasteiger partial charge on any atom is -0.475 e. The highest BCUT2D eigenvalue weighted by Crippen LogP contribution is 2.29. The SMILES string of the molecule is CN1CCN(C(=O)C(=O)Nc2ccc(Cc3nnc4ccc(C(F)(F)F)cn34)cc2)CC1.O=C(O)C(F)(F)F. The van der Waals surface area contributed by atoms with Gasteiger partial charge in [0.2, 0.25) is 0 Å². The van der Waals surface area contributed by atoms with Crippen LogP contribution < -0.4 is 5.32 Å². The summed E-state index contributed by atoms with van der Waals surface area (Å²) in [7, 11) is 1.96. The van der Waals surface area contributed by atoms with Crippen LogP contribution >= 0.6 is 0 Å². The lowest BCUT2D eigenvalue weighted by Crippen LogP contribution is -2.50. The largest absolute Gasteiger partial charge is 0.490 e. The first-order valence-corrected chi connectivity index (χ1v) is 11.2. The van der Waals surface area contributed by atoms with Crippen LogP contribution in [0.25, 0.3) is 5.65 Å². The number of carbonyl (C=O) groups is 3. The number of hydrogen-bond donors (Lipinski definition) is 2. The molecule has 1 aliphatic rings. The first kappa shape index (κ1) is 29.3. The van der Waals surface area contributed by atoms with Crippen molar-refractivity contribution in [1.82, 2.24) is 24.4 Å². The molecule has 1 fully saturated rings. The van der Waals surface area contributed by atoms with Crippen LogP contribution in [0.1, 0.15) is 17.0 Å². The van der Waals surface area contributed by atoms with Gasteiger partial charge in [0.15, 0.2) is 5.65 Å². The van der Waals surface area contributed by atoms with Crippen LogP contribution in [0.15, 0.2) is 42.6 Å². The van der Waals surface area contributed by atoms with Crippen molar-refractivity contribution in [1.29, 1.82) is 0 Å². The summed E-state index contributed by atoms with van der Waals surface area (Å²) in [4.78, 5) is 37.1. The van der Waals surface area contributed by atoms with E-state index < -0.39 is 35.7 Å². The van der Waals surface area contributed by atoms with E-state index in [0.29, 0.717) is 30.2 Å². The lowest BCUT2D eigenvalue weighted by Gasteiger charge is -2.31. The quantitative estimate of drug-likeness (QED) is 0.374. The molecule has 3 aromatic rings. The molecule has 10 nitrogen and oxygen atoms in total. The lowest BCUT2D eigenvalue weighted by atomic mass is 10.1. The van der Waals surface area contributed by atoms with Gasteiger partial charge in [0.1, 0.15) is 5.82 Å². The van der Waals surface area contributed by atoms with Gasteiger partial charge in [-0.25, -0.2) is 4.79 Å². The van der Waals surface area contributed by atoms with Gasteiger partial charge in [-0.3, -0.25) is 14.0 Å². The fourth-order valence-corrected chi connectivity index (χ4v) is 3.45. The number of fused-ring (bicyclic) bond motifs is 1. The minimum absolute atomic E-state index is 0.247. The van der Waals surface area contributed by atoms with Gasteiger partial charge in [-0.05, 0) is 36.9 Å². The van der Waals surface area contributed by atoms with Crippen molar-refractivity contribution >= 4 is 29.1 Å². The molecule has 0 saturated carbocycles. The van der Waals surface area contributed by atoms with E-state index in [1.807, 2.05) is 7.05 Å². The molecule has 0 unspecified atom stereocenters. The highest BCUT2D eigenvalue weighted by atomic mass is 19.4. The van der Waals surface area contributed by atoms with Crippen LogP contribution in [0.4, 0.5) is 32.0 Å². The molecule has 0 radical (unpaired) electrons. The lowest BCUT2D eigenvalue weighted by molar-refractivity contribution is -0.192. The number of alkyl halides is 6. The minimum atomic E-state index is -5.08. The summed E-state index contributed by atoms with van der Waals surface area (Å²) in [6, 6.07) is 8.93. The summed E-state index contributed by atoms with van der Waals surface area (Å²) in [5.74, 6) is -3.68. The normalized spacial score (nSPS) is 14.5. The molecule has 3 heterocycles. The molecule has 16 heteroatoms. The van der Waals surface area contributed by atoms with Crippen molar-refractivity contribution in [3.63, 3.8) is 0 Å². The Balaban J connectivity index is 0.000000532. The Hall–Kier alpha value is -4.21. The van der Waals surface area contributed by atoms with E-state index in [-0.39, 0.29) is 6.42 Å². The summed E-state index contributed by atoms with van der Waals surface area (Å²) < 4.78 is 72.1. The Bertz CT molecular complexity index is 1330. The molecule has 0 bridgehead atoms. The molecule has 4 rings (SSSR count). The first-order chi connectivity index (χ1) is 18.1. The highest BCUT2D eigenvalue weighted by Gasteiger charge is 2.38. The Labute approximate surface area is 216 Å². The molecule has 210 valence electrons. The Morgan fingerprint density at radius 2 is 1.51 bits per heavy atom. The van der Waals surface area contributed by atoms with Crippen LogP contribution in [0, 0.1) is 0 Å². The summed E-state index contributed by atoms with van der Waals surface area (Å²) in [6.45, 7) is 2.44. The number of pyridine rings is 1. The molecular formula is C23H22F6N6O4. The van der Waals surface area contributed by atoms with Crippen molar-refractivity contribution in [3.8, 4) is 0 Å². The number of rotatable bonds is 3. The number of aliphatic carboxylic acids is 1. The fourth-order valence-electron chi connectivity index (χ4n) is 3.45. The number of aromatic nitrogens is 3. The van der Waals surface area contributed by atoms with Gasteiger partial charge in [0, 0.05) is 44.5 Å². The number of amides is 2. The van der Waals surface area contributed by atoms with Gasteiger partial charge in [-0.2, -0.15) is 26.3 Å². The van der Waals surface area contributed by atoms with E-state index in [0.717, 1.165) is 30.9 Å². The molecule has 0 aliphatic carbocycles. The monoisotopic (exact) mass is 560 g/mol. The maximum Gasteiger partial charge on any atom is 0.490 e. The second kappa shape index (κ2) is 11.7. The number of nitrogens with one attached hydrogen (secondary N) is 1. The Morgan fingerprint density at radius 1 is 0.923 bits per heavy atom. The molecule has 0 atom stereocenters. The summed E-state index contributed by atoms with van der Waals surface area (Å²) >= 11 is 0. The van der Waals surface area contributed by atoms with Crippen LogP contribution in [0.3, 0.4) is 0 Å². The summed E-state index contributed by atoms with van der Waals surface area (Å²) in [5.41, 5.74) is 0.750. The molecule has 1 saturated heterocycles. The second-order valence-corrected chi connectivity index (χ2v) is 8.49. The van der Waals surface area contributed by atoms with E-state index >= 15 is 0 Å². The first-order valence-electron chi connectivity index (χ1n) is 11.2. The maximum atomic E-state index is 13.0. The number of hydrogen-bond acceptors (Lipinski definition) is 6. The molecule has 1 aromatic carbocycles. The smallest absolute Gasteiger partial charge is 0.475 e. The number of nitrogens with zero attached hydrogens (tertiary/aromatic N) is 5. The Morgan fingerprint density at radius 3 is 2.05 bits per heavy atom. The van der Waals surface area contributed by atoms with Crippen LogP contribution in [0.5, 0.6) is 0 Å². The highest BCUT2D eigenvalue weighted by molar-refractivity contribution is 6.39. The number of piperazine rings is 1. The van der Waals surface area contributed by atoms with Gasteiger partial charge in [0.05, 0.1) is 5.56 Å². The summed E-state index contributed by atoms with van der Waals surface area (Å²) in [6.07, 6.45) is -8.32. The zero-order valence-electron chi connectivity index (χ0n) is 20.3. The van der Waals surface area contributed by atoms with Crippen LogP contribution in [0.2, 0.25) is 0 Å². The number of halogens is 6. The fraction of sp³-hybridized carbons (Fsp3) is 0.348. The van der Waals surface area contributed by atoms with E-state index in [1.165, 1.54) is 15.4 Å². The zero-order valence-corrected chi connectivity index (χ0v) is 20.3. The molecule has 2 amide bonds. The van der Waals surface area contributed by atoms with Gasteiger partial charge in [0.25, 0.3) is 0 Å². The van der Waals surface area contributed by atoms with Crippen LogP contribution in [-0.4, -0.2) is 86.7 Å². The number of likely N-dealkylation sites (N-methyl/N-ethyl adjacent to an activating group) is 1. The number of benzene rings is 1. The van der Waals surface area contributed by atoms with Gasteiger partial charge >= 0.3 is 30.1 Å². The van der Waals surface area contributed by atoms with Crippen molar-refractivity contribution in [3.05, 3.63) is 59.5 Å². The zero-order chi connectivity index (χ0) is 29.0. The molecule has 0 spiro atoms. The average Bonchev–Trinajstić information content (AvgIpc) is 3.26. The van der Waals surface area contributed by atoms with Crippen molar-refractivity contribution < 1.29 is 45.8 Å².